The number of nitrogens with one attached hydrogen (secondary N) is 2. The zero-order valence-electron chi connectivity index (χ0n) is 14.0. The molecule has 1 unspecified atom stereocenters. The molecule has 2 amide bonds. The number of carbonyl (C=O) groups is 3. The fourth-order valence-corrected chi connectivity index (χ4v) is 2.68. The summed E-state index contributed by atoms with van der Waals surface area (Å²) in [5, 5.41) is 13.7. The molecular weight excluding hydrogens is 309 g/mol. The highest BCUT2D eigenvalue weighted by molar-refractivity contribution is 5.80. The number of likely N-dealkylation sites (N-methyl/N-ethyl adjacent to an activating group) is 1. The van der Waals surface area contributed by atoms with Gasteiger partial charge >= 0.3 is 5.97 Å². The van der Waals surface area contributed by atoms with E-state index < -0.39 is 5.97 Å². The zero-order chi connectivity index (χ0) is 17.2. The lowest BCUT2D eigenvalue weighted by Crippen LogP contribution is -2.44. The summed E-state index contributed by atoms with van der Waals surface area (Å²) in [4.78, 5) is 38.0. The van der Waals surface area contributed by atoms with Gasteiger partial charge < -0.3 is 20.6 Å². The first-order valence-electron chi connectivity index (χ1n) is 8.02. The molecule has 3 N–H and O–H groups in total. The largest absolute Gasteiger partial charge is 0.481 e. The van der Waals surface area contributed by atoms with Crippen molar-refractivity contribution < 1.29 is 19.5 Å². The third-order valence-corrected chi connectivity index (χ3v) is 3.76. The number of aliphatic carboxylic acids is 1. The van der Waals surface area contributed by atoms with E-state index in [1.54, 1.807) is 0 Å². The highest BCUT2D eigenvalue weighted by Crippen LogP contribution is 2.16. The van der Waals surface area contributed by atoms with E-state index >= 15 is 0 Å². The standard InChI is InChI=1S/C15H28N4O4/c1-18(2)10-12-4-3-9-19(12)11-14(21)17-7-5-13(20)16-8-6-15(22)23/h12H,3-11H2,1-2H3,(H,16,20)(H,17,21)(H,22,23)/i3+1,4+1,9+1,10+1,11+1,12+1,13+1,18+1,19+1. The summed E-state index contributed by atoms with van der Waals surface area (Å²) in [5.41, 5.74) is 0. The maximum Gasteiger partial charge on any atom is 0.305 e. The van der Waals surface area contributed by atoms with E-state index in [-0.39, 0.29) is 37.7 Å². The topological polar surface area (TPSA) is 102 Å². The maximum absolute atomic E-state index is 11.9. The van der Waals surface area contributed by atoms with Gasteiger partial charge in [0.1, 0.15) is 0 Å². The summed E-state index contributed by atoms with van der Waals surface area (Å²) in [6.07, 6.45) is 2.28. The van der Waals surface area contributed by atoms with Crippen LogP contribution in [-0.4, -0.2) is 85.6 Å². The van der Waals surface area contributed by atoms with E-state index in [2.05, 4.69) is 20.4 Å². The Morgan fingerprint density at radius 3 is 2.43 bits per heavy atom. The Labute approximate surface area is 137 Å². The second-order valence-corrected chi connectivity index (χ2v) is 6.12. The van der Waals surface area contributed by atoms with Crippen molar-refractivity contribution in [1.82, 2.24) is 20.4 Å². The van der Waals surface area contributed by atoms with Gasteiger partial charge in [-0.15, -0.1) is 0 Å². The minimum atomic E-state index is -0.948. The molecule has 1 atom stereocenters. The number of likely N-dealkylation sites (tertiary alicyclic amines) is 1. The lowest BCUT2D eigenvalue weighted by atomic mass is 10.4. The molecule has 8 heteroatoms. The smallest absolute Gasteiger partial charge is 0.305 e. The fraction of sp³-hybridized carbons (Fsp3) is 0.800. The Morgan fingerprint density at radius 2 is 1.78 bits per heavy atom. The van der Waals surface area contributed by atoms with Gasteiger partial charge in [0.05, 0.1) is 13.0 Å². The number of carboxylic acid groups (broad SMARTS) is 1. The van der Waals surface area contributed by atoms with Crippen LogP contribution in [0.5, 0.6) is 0 Å². The Balaban J connectivity index is 2.16. The first kappa shape index (κ1) is 19.4. The van der Waals surface area contributed by atoms with Gasteiger partial charge in [0.2, 0.25) is 11.8 Å². The van der Waals surface area contributed by atoms with Crippen LogP contribution < -0.4 is 10.6 Å². The third-order valence-electron chi connectivity index (χ3n) is 3.76. The van der Waals surface area contributed by atoms with E-state index in [1.807, 2.05) is 14.1 Å². The number of carboxylic acids is 1. The van der Waals surface area contributed by atoms with Gasteiger partial charge in [-0.1, -0.05) is 0 Å². The molecule has 0 aliphatic carbocycles. The summed E-state index contributed by atoms with van der Waals surface area (Å²) in [5.74, 6) is -1.27. The molecule has 132 valence electrons. The normalized spacial score (nSPS) is 18.1. The van der Waals surface area contributed by atoms with Gasteiger partial charge in [-0.25, -0.2) is 0 Å². The number of hydrogen-bond donors (Lipinski definition) is 3. The van der Waals surface area contributed by atoms with Gasteiger partial charge in [-0.3, -0.25) is 19.3 Å². The molecule has 1 saturated heterocycles. The van der Waals surface area contributed by atoms with Crippen LogP contribution in [0.15, 0.2) is 0 Å². The molecule has 0 aromatic rings. The van der Waals surface area contributed by atoms with Crippen LogP contribution in [0, 0.1) is 0 Å². The van der Waals surface area contributed by atoms with Crippen LogP contribution in [0.3, 0.4) is 0 Å². The van der Waals surface area contributed by atoms with Gasteiger partial charge in [0, 0.05) is 32.1 Å². The minimum Gasteiger partial charge on any atom is -0.481 e. The zero-order valence-corrected chi connectivity index (χ0v) is 14.0. The Bertz CT molecular complexity index is 414. The fourth-order valence-electron chi connectivity index (χ4n) is 2.68. The van der Waals surface area contributed by atoms with Gasteiger partial charge in [-0.05, 0) is 33.5 Å². The van der Waals surface area contributed by atoms with Gasteiger partial charge in [0.15, 0.2) is 0 Å². The van der Waals surface area contributed by atoms with Crippen molar-refractivity contribution in [3.8, 4) is 0 Å². The predicted octanol–water partition coefficient (Wildman–Crippen LogP) is -0.890. The van der Waals surface area contributed by atoms with Crippen molar-refractivity contribution in [3.05, 3.63) is 0 Å². The third kappa shape index (κ3) is 8.51. The van der Waals surface area contributed by atoms with Gasteiger partial charge in [0.25, 0.3) is 0 Å². The van der Waals surface area contributed by atoms with Crippen molar-refractivity contribution >= 4 is 17.8 Å². The molecule has 0 bridgehead atoms. The molecular formula is C15H28N4O4. The molecule has 0 aromatic carbocycles. The van der Waals surface area contributed by atoms with Crippen molar-refractivity contribution in [3.63, 3.8) is 0 Å². The van der Waals surface area contributed by atoms with Crippen LogP contribution in [0.2, 0.25) is 0 Å². The monoisotopic (exact) mass is 337 g/mol. The Hall–Kier alpha value is -1.67. The predicted molar refractivity (Wildman–Crippen MR) is 86.0 cm³/mol. The number of carbonyl (C=O) groups excluding carboxylic acids is 2. The molecule has 0 saturated carbocycles. The molecule has 1 heterocycles. The summed E-state index contributed by atoms with van der Waals surface area (Å²) < 4.78 is 0. The summed E-state index contributed by atoms with van der Waals surface area (Å²) in [6.45, 7) is 2.62. The number of amides is 2. The van der Waals surface area contributed by atoms with E-state index in [9.17, 15) is 14.4 Å². The summed E-state index contributed by atoms with van der Waals surface area (Å²) in [7, 11) is 4.05. The van der Waals surface area contributed by atoms with Crippen molar-refractivity contribution in [2.75, 3.05) is 46.8 Å². The maximum atomic E-state index is 11.9. The van der Waals surface area contributed by atoms with Crippen LogP contribution in [0.1, 0.15) is 25.7 Å². The van der Waals surface area contributed by atoms with Crippen LogP contribution in [0.25, 0.3) is 0 Å². The molecule has 0 spiro atoms. The van der Waals surface area contributed by atoms with E-state index in [0.29, 0.717) is 12.6 Å². The first-order chi connectivity index (χ1) is 10.9. The Morgan fingerprint density at radius 1 is 1.13 bits per heavy atom. The molecule has 1 rings (SSSR count). The number of hydrogen-bond acceptors (Lipinski definition) is 5. The molecule has 1 fully saturated rings. The highest BCUT2D eigenvalue weighted by atomic mass is 16.4. The average Bonchev–Trinajstić information content (AvgIpc) is 2.84. The van der Waals surface area contributed by atoms with Gasteiger partial charge in [-0.2, -0.15) is 0 Å². The van der Waals surface area contributed by atoms with E-state index in [1.165, 1.54) is 0 Å². The second kappa shape index (κ2) is 10.2. The quantitative estimate of drug-likeness (QED) is 0.353. The lowest BCUT2D eigenvalue weighted by Gasteiger charge is -2.26. The van der Waals surface area contributed by atoms with Crippen LogP contribution >= 0.6 is 0 Å². The highest BCUT2D eigenvalue weighted by Gasteiger charge is 2.26. The summed E-state index contributed by atoms with van der Waals surface area (Å²) >= 11 is 0. The van der Waals surface area contributed by atoms with Crippen LogP contribution in [0.4, 0.5) is 0 Å². The van der Waals surface area contributed by atoms with E-state index in [4.69, 9.17) is 5.11 Å². The average molecular weight is 337 g/mol. The Kier molecular flexibility index (Phi) is 8.57. The lowest BCUT2D eigenvalue weighted by molar-refractivity contribution is -0.137. The van der Waals surface area contributed by atoms with Crippen molar-refractivity contribution in [1.29, 1.82) is 0 Å². The van der Waals surface area contributed by atoms with E-state index in [0.717, 1.165) is 25.9 Å². The molecule has 0 aromatic heterocycles. The van der Waals surface area contributed by atoms with Crippen molar-refractivity contribution in [2.45, 2.75) is 31.7 Å². The van der Waals surface area contributed by atoms with Crippen LogP contribution in [-0.2, 0) is 14.4 Å². The molecule has 0 radical (unpaired) electrons. The second-order valence-electron chi connectivity index (χ2n) is 6.12. The minimum absolute atomic E-state index is 0.0750. The first-order valence-corrected chi connectivity index (χ1v) is 8.02. The molecule has 23 heavy (non-hydrogen) atoms. The summed E-state index contributed by atoms with van der Waals surface area (Å²) in [6, 6.07) is 0.412. The molecule has 8 nitrogen and oxygen atoms in total. The van der Waals surface area contributed by atoms with Crippen molar-refractivity contribution in [2.24, 2.45) is 0 Å². The SMILES string of the molecule is C[15N](C)[13CH2][13CH]1[13CH2][13CH2][13CH2][15N]1[13CH2]C(=O)NCC[13C](=O)NCCC(=O)O. The number of rotatable bonds is 10. The molecule has 1 aliphatic heterocycles. The number of nitrogens with zero attached hydrogens (tertiary/aromatic N) is 2. The molecule has 1 aliphatic rings.